The fourth-order valence-electron chi connectivity index (χ4n) is 3.86. The second-order valence-electron chi connectivity index (χ2n) is 7.62. The van der Waals surface area contributed by atoms with Crippen molar-refractivity contribution in [2.24, 2.45) is 5.92 Å². The molecule has 3 rings (SSSR count). The van der Waals surface area contributed by atoms with Crippen molar-refractivity contribution in [3.05, 3.63) is 53.6 Å². The predicted molar refractivity (Wildman–Crippen MR) is 115 cm³/mol. The summed E-state index contributed by atoms with van der Waals surface area (Å²) in [7, 11) is 3.11. The SMILES string of the molecule is CC[C@@H]1CCC(=O)N(CC(O)c2ccc(OC)c(OC)c2OCc2ccccc2)C1. The zero-order chi connectivity index (χ0) is 21.5. The van der Waals surface area contributed by atoms with Crippen molar-refractivity contribution in [1.82, 2.24) is 4.90 Å². The molecule has 1 heterocycles. The number of carbonyl (C=O) groups excluding carboxylic acids is 1. The first-order valence-corrected chi connectivity index (χ1v) is 10.4. The van der Waals surface area contributed by atoms with Crippen molar-refractivity contribution in [1.29, 1.82) is 0 Å². The summed E-state index contributed by atoms with van der Waals surface area (Å²) in [6, 6.07) is 13.3. The molecule has 6 heteroatoms. The van der Waals surface area contributed by atoms with E-state index in [1.807, 2.05) is 30.3 Å². The zero-order valence-electron chi connectivity index (χ0n) is 18.0. The molecule has 1 amide bonds. The zero-order valence-corrected chi connectivity index (χ0v) is 18.0. The van der Waals surface area contributed by atoms with Crippen molar-refractivity contribution in [2.45, 2.75) is 38.9 Å². The Balaban J connectivity index is 1.85. The summed E-state index contributed by atoms with van der Waals surface area (Å²) in [6.45, 7) is 3.37. The van der Waals surface area contributed by atoms with E-state index >= 15 is 0 Å². The Bertz CT molecular complexity index is 839. The maximum absolute atomic E-state index is 12.4. The number of aliphatic hydroxyl groups excluding tert-OH is 1. The minimum absolute atomic E-state index is 0.0889. The highest BCUT2D eigenvalue weighted by Crippen LogP contribution is 2.43. The van der Waals surface area contributed by atoms with Crippen molar-refractivity contribution in [3.8, 4) is 17.2 Å². The smallest absolute Gasteiger partial charge is 0.222 e. The number of likely N-dealkylation sites (tertiary alicyclic amines) is 1. The molecule has 0 aromatic heterocycles. The number of amides is 1. The van der Waals surface area contributed by atoms with Crippen molar-refractivity contribution in [2.75, 3.05) is 27.3 Å². The first kappa shape index (κ1) is 22.0. The molecule has 30 heavy (non-hydrogen) atoms. The first-order chi connectivity index (χ1) is 14.6. The summed E-state index contributed by atoms with van der Waals surface area (Å²) >= 11 is 0. The van der Waals surface area contributed by atoms with Gasteiger partial charge in [0.2, 0.25) is 11.7 Å². The second-order valence-corrected chi connectivity index (χ2v) is 7.62. The number of piperidine rings is 1. The van der Waals surface area contributed by atoms with E-state index in [4.69, 9.17) is 14.2 Å². The van der Waals surface area contributed by atoms with Gasteiger partial charge in [-0.05, 0) is 30.0 Å². The molecule has 1 saturated heterocycles. The highest BCUT2D eigenvalue weighted by atomic mass is 16.5. The molecule has 1 aliphatic heterocycles. The maximum atomic E-state index is 12.4. The number of methoxy groups -OCH3 is 2. The Labute approximate surface area is 178 Å². The minimum Gasteiger partial charge on any atom is -0.493 e. The Hall–Kier alpha value is -2.73. The quantitative estimate of drug-likeness (QED) is 0.674. The number of aliphatic hydroxyl groups is 1. The lowest BCUT2D eigenvalue weighted by Gasteiger charge is -2.34. The molecule has 2 aromatic rings. The summed E-state index contributed by atoms with van der Waals surface area (Å²) in [5, 5.41) is 11.0. The summed E-state index contributed by atoms with van der Waals surface area (Å²) in [5.41, 5.74) is 1.58. The lowest BCUT2D eigenvalue weighted by Crippen LogP contribution is -2.42. The van der Waals surface area contributed by atoms with E-state index in [2.05, 4.69) is 6.92 Å². The van der Waals surface area contributed by atoms with Gasteiger partial charge in [0.05, 0.1) is 20.8 Å². The third-order valence-electron chi connectivity index (χ3n) is 5.68. The van der Waals surface area contributed by atoms with Gasteiger partial charge in [-0.3, -0.25) is 4.79 Å². The molecular formula is C24H31NO5. The van der Waals surface area contributed by atoms with E-state index in [0.29, 0.717) is 48.3 Å². The van der Waals surface area contributed by atoms with Crippen LogP contribution in [0, 0.1) is 5.92 Å². The van der Waals surface area contributed by atoms with Crippen LogP contribution in [0.5, 0.6) is 17.2 Å². The number of hydrogen-bond acceptors (Lipinski definition) is 5. The van der Waals surface area contributed by atoms with Gasteiger partial charge in [0.1, 0.15) is 12.7 Å². The normalized spacial score (nSPS) is 17.5. The van der Waals surface area contributed by atoms with Crippen LogP contribution in [0.3, 0.4) is 0 Å². The standard InChI is InChI=1S/C24H31NO5/c1-4-17-10-13-22(27)25(14-17)15-20(26)19-11-12-21(28-2)24(29-3)23(19)30-16-18-8-6-5-7-9-18/h5-9,11-12,17,20,26H,4,10,13-16H2,1-3H3/t17-,20?/m1/s1. The monoisotopic (exact) mass is 413 g/mol. The van der Waals surface area contributed by atoms with Crippen LogP contribution >= 0.6 is 0 Å². The average Bonchev–Trinajstić information content (AvgIpc) is 2.78. The van der Waals surface area contributed by atoms with E-state index < -0.39 is 6.10 Å². The van der Waals surface area contributed by atoms with Gasteiger partial charge in [0, 0.05) is 18.5 Å². The van der Waals surface area contributed by atoms with E-state index in [9.17, 15) is 9.90 Å². The molecule has 0 bridgehead atoms. The van der Waals surface area contributed by atoms with Gasteiger partial charge >= 0.3 is 0 Å². The minimum atomic E-state index is -0.893. The second kappa shape index (κ2) is 10.3. The molecule has 0 radical (unpaired) electrons. The van der Waals surface area contributed by atoms with E-state index in [-0.39, 0.29) is 12.5 Å². The number of carbonyl (C=O) groups is 1. The number of ether oxygens (including phenoxy) is 3. The number of nitrogens with zero attached hydrogens (tertiary/aromatic N) is 1. The lowest BCUT2D eigenvalue weighted by molar-refractivity contribution is -0.136. The van der Waals surface area contributed by atoms with Crippen LogP contribution in [-0.2, 0) is 11.4 Å². The van der Waals surface area contributed by atoms with Gasteiger partial charge < -0.3 is 24.2 Å². The van der Waals surface area contributed by atoms with E-state index in [1.54, 1.807) is 31.3 Å². The Kier molecular flexibility index (Phi) is 7.57. The summed E-state index contributed by atoms with van der Waals surface area (Å²) < 4.78 is 17.1. The molecule has 1 N–H and O–H groups in total. The largest absolute Gasteiger partial charge is 0.493 e. The molecule has 2 aromatic carbocycles. The highest BCUT2D eigenvalue weighted by Gasteiger charge is 2.29. The molecule has 0 spiro atoms. The van der Waals surface area contributed by atoms with Crippen LogP contribution in [0.2, 0.25) is 0 Å². The van der Waals surface area contributed by atoms with Gasteiger partial charge in [-0.1, -0.05) is 43.7 Å². The lowest BCUT2D eigenvalue weighted by atomic mass is 9.94. The van der Waals surface area contributed by atoms with Gasteiger partial charge in [-0.15, -0.1) is 0 Å². The molecular weight excluding hydrogens is 382 g/mol. The molecule has 0 saturated carbocycles. The highest BCUT2D eigenvalue weighted by molar-refractivity contribution is 5.77. The average molecular weight is 414 g/mol. The molecule has 1 aliphatic rings. The van der Waals surface area contributed by atoms with Crippen LogP contribution in [0.4, 0.5) is 0 Å². The number of benzene rings is 2. The first-order valence-electron chi connectivity index (χ1n) is 10.4. The predicted octanol–water partition coefficient (Wildman–Crippen LogP) is 3.96. The van der Waals surface area contributed by atoms with Crippen molar-refractivity contribution >= 4 is 5.91 Å². The molecule has 1 unspecified atom stereocenters. The fraction of sp³-hybridized carbons (Fsp3) is 0.458. The fourth-order valence-corrected chi connectivity index (χ4v) is 3.86. The van der Waals surface area contributed by atoms with Crippen LogP contribution in [0.1, 0.15) is 43.4 Å². The van der Waals surface area contributed by atoms with Crippen molar-refractivity contribution < 1.29 is 24.1 Å². The molecule has 6 nitrogen and oxygen atoms in total. The van der Waals surface area contributed by atoms with Gasteiger partial charge in [0.25, 0.3) is 0 Å². The number of rotatable bonds is 9. The van der Waals surface area contributed by atoms with E-state index in [1.165, 1.54) is 0 Å². The Morgan fingerprint density at radius 1 is 1.10 bits per heavy atom. The summed E-state index contributed by atoms with van der Waals surface area (Å²) in [4.78, 5) is 14.1. The Morgan fingerprint density at radius 3 is 2.53 bits per heavy atom. The van der Waals surface area contributed by atoms with Gasteiger partial charge in [-0.2, -0.15) is 0 Å². The van der Waals surface area contributed by atoms with Crippen LogP contribution < -0.4 is 14.2 Å². The van der Waals surface area contributed by atoms with Crippen LogP contribution in [0.15, 0.2) is 42.5 Å². The molecule has 162 valence electrons. The number of β-amino-alcohol motifs (C(OH)–C–C–N with tert-alkyl or cyclic N) is 1. The number of hydrogen-bond donors (Lipinski definition) is 1. The van der Waals surface area contributed by atoms with Gasteiger partial charge in [-0.25, -0.2) is 0 Å². The third kappa shape index (κ3) is 5.05. The summed E-state index contributed by atoms with van der Waals surface area (Å²) in [6.07, 6.45) is 1.59. The summed E-state index contributed by atoms with van der Waals surface area (Å²) in [5.74, 6) is 1.96. The third-order valence-corrected chi connectivity index (χ3v) is 5.68. The van der Waals surface area contributed by atoms with Crippen LogP contribution in [0.25, 0.3) is 0 Å². The van der Waals surface area contributed by atoms with Crippen molar-refractivity contribution in [3.63, 3.8) is 0 Å². The molecule has 0 aliphatic carbocycles. The molecule has 1 fully saturated rings. The Morgan fingerprint density at radius 2 is 1.87 bits per heavy atom. The van der Waals surface area contributed by atoms with Gasteiger partial charge in [0.15, 0.2) is 11.5 Å². The van der Waals surface area contributed by atoms with Crippen LogP contribution in [-0.4, -0.2) is 43.2 Å². The maximum Gasteiger partial charge on any atom is 0.222 e. The van der Waals surface area contributed by atoms with E-state index in [0.717, 1.165) is 18.4 Å². The molecule has 2 atom stereocenters. The topological polar surface area (TPSA) is 68.2 Å².